The molecule has 0 unspecified atom stereocenters. The van der Waals surface area contributed by atoms with E-state index < -0.39 is 5.41 Å². The van der Waals surface area contributed by atoms with E-state index >= 15 is 0 Å². The summed E-state index contributed by atoms with van der Waals surface area (Å²) in [6, 6.07) is 37.9. The van der Waals surface area contributed by atoms with Crippen molar-refractivity contribution in [3.63, 3.8) is 0 Å². The number of aryl methyl sites for hydroxylation is 2. The molecule has 29 heavy (non-hydrogen) atoms. The van der Waals surface area contributed by atoms with E-state index in [1.165, 1.54) is 0 Å². The van der Waals surface area contributed by atoms with Crippen LogP contribution in [-0.2, 0) is 5.41 Å². The second-order valence-corrected chi connectivity index (χ2v) is 7.31. The van der Waals surface area contributed by atoms with Crippen LogP contribution in [0.1, 0.15) is 27.8 Å². The highest BCUT2D eigenvalue weighted by molar-refractivity contribution is 5.87. The van der Waals surface area contributed by atoms with Gasteiger partial charge >= 0.3 is 0 Å². The van der Waals surface area contributed by atoms with Gasteiger partial charge in [0.25, 0.3) is 0 Å². The molecule has 1 heteroatoms. The Balaban J connectivity index is 2.02. The first kappa shape index (κ1) is 18.9. The minimum absolute atomic E-state index is 0.599. The summed E-state index contributed by atoms with van der Waals surface area (Å²) >= 11 is 0. The monoisotopic (exact) mass is 374 g/mol. The first-order valence-electron chi connectivity index (χ1n) is 9.92. The molecule has 4 aromatic carbocycles. The van der Waals surface area contributed by atoms with E-state index in [9.17, 15) is 0 Å². The maximum atomic E-state index is 4.96. The number of para-hydroxylation sites is 1. The highest BCUT2D eigenvalue weighted by Crippen LogP contribution is 2.38. The predicted molar refractivity (Wildman–Crippen MR) is 122 cm³/mol. The summed E-state index contributed by atoms with van der Waals surface area (Å²) < 4.78 is 0. The second-order valence-electron chi connectivity index (χ2n) is 7.31. The smallest absolute Gasteiger partial charge is 0.0893 e. The van der Waals surface area contributed by atoms with Gasteiger partial charge in [0, 0.05) is 0 Å². The lowest BCUT2D eigenvalue weighted by molar-refractivity contribution is 0.846. The highest BCUT2D eigenvalue weighted by Gasteiger charge is 2.35. The summed E-state index contributed by atoms with van der Waals surface area (Å²) in [7, 11) is 0. The first-order valence-corrected chi connectivity index (χ1v) is 9.92. The zero-order chi connectivity index (χ0) is 20.1. The van der Waals surface area contributed by atoms with Crippen LogP contribution in [0.4, 0.5) is 5.69 Å². The zero-order valence-electron chi connectivity index (χ0n) is 16.8. The standard InChI is InChI=1S/C28H24N/c1-22-13-12-14-23(2)27(22)29-21-28(24-15-6-3-7-16-24,25-17-8-4-9-18-25)26-19-10-5-11-20-26/h3-20H,1-2H3. The lowest BCUT2D eigenvalue weighted by Gasteiger charge is -2.31. The van der Waals surface area contributed by atoms with Gasteiger partial charge in [0.15, 0.2) is 0 Å². The van der Waals surface area contributed by atoms with Crippen molar-refractivity contribution in [3.05, 3.63) is 137 Å². The predicted octanol–water partition coefficient (Wildman–Crippen LogP) is 6.92. The summed E-state index contributed by atoms with van der Waals surface area (Å²) in [6.07, 6.45) is 3.61. The number of hydrogen-bond acceptors (Lipinski definition) is 1. The van der Waals surface area contributed by atoms with E-state index in [2.05, 4.69) is 111 Å². The van der Waals surface area contributed by atoms with Crippen LogP contribution < -0.4 is 0 Å². The lowest BCUT2D eigenvalue weighted by atomic mass is 9.70. The molecule has 0 aromatic heterocycles. The second kappa shape index (κ2) is 8.28. The molecule has 1 nitrogen and oxygen atoms in total. The Hall–Kier alpha value is -3.45. The van der Waals surface area contributed by atoms with Gasteiger partial charge in [-0.3, -0.25) is 0 Å². The normalized spacial score (nSPS) is 11.7. The average molecular weight is 375 g/mol. The van der Waals surface area contributed by atoms with Gasteiger partial charge < -0.3 is 0 Å². The molecule has 0 fully saturated rings. The van der Waals surface area contributed by atoms with E-state index in [0.717, 1.165) is 33.5 Å². The molecule has 0 aliphatic carbocycles. The highest BCUT2D eigenvalue weighted by atomic mass is 14.7. The Bertz CT molecular complexity index is 980. The van der Waals surface area contributed by atoms with Crippen molar-refractivity contribution in [1.82, 2.24) is 0 Å². The van der Waals surface area contributed by atoms with Crippen LogP contribution in [0.25, 0.3) is 0 Å². The van der Waals surface area contributed by atoms with Crippen LogP contribution in [0.2, 0.25) is 0 Å². The number of hydrogen-bond donors (Lipinski definition) is 0. The zero-order valence-corrected chi connectivity index (χ0v) is 16.8. The van der Waals surface area contributed by atoms with Crippen molar-refractivity contribution in [2.24, 2.45) is 4.99 Å². The van der Waals surface area contributed by atoms with Gasteiger partial charge in [-0.25, -0.2) is 4.99 Å². The van der Waals surface area contributed by atoms with Gasteiger partial charge in [-0.15, -0.1) is 0 Å². The fraction of sp³-hybridized carbons (Fsp3) is 0.107. The third-order valence-corrected chi connectivity index (χ3v) is 5.40. The summed E-state index contributed by atoms with van der Waals surface area (Å²) in [4.78, 5) is 4.96. The fourth-order valence-electron chi connectivity index (χ4n) is 3.88. The van der Waals surface area contributed by atoms with Crippen molar-refractivity contribution in [3.8, 4) is 0 Å². The molecule has 0 saturated carbocycles. The number of aliphatic imine (C=N–C) groups is 1. The van der Waals surface area contributed by atoms with Gasteiger partial charge in [0.2, 0.25) is 0 Å². The van der Waals surface area contributed by atoms with Gasteiger partial charge in [0.1, 0.15) is 0 Å². The van der Waals surface area contributed by atoms with Gasteiger partial charge in [-0.2, -0.15) is 0 Å². The molecule has 0 saturated heterocycles. The minimum atomic E-state index is -0.599. The molecule has 0 spiro atoms. The SMILES string of the molecule is Cc1cccc(C)c1N=[C]C(c1ccccc1)(c1ccccc1)c1ccccc1. The third-order valence-electron chi connectivity index (χ3n) is 5.40. The molecule has 0 atom stereocenters. The summed E-state index contributed by atoms with van der Waals surface area (Å²) in [5.74, 6) is 0. The largest absolute Gasteiger partial charge is 0.249 e. The fourth-order valence-corrected chi connectivity index (χ4v) is 3.88. The van der Waals surface area contributed by atoms with E-state index in [0.29, 0.717) is 0 Å². The van der Waals surface area contributed by atoms with Crippen molar-refractivity contribution in [2.75, 3.05) is 0 Å². The van der Waals surface area contributed by atoms with E-state index in [4.69, 9.17) is 4.99 Å². The van der Waals surface area contributed by atoms with Crippen LogP contribution >= 0.6 is 0 Å². The molecular weight excluding hydrogens is 350 g/mol. The molecule has 4 rings (SSSR count). The number of rotatable bonds is 5. The maximum absolute atomic E-state index is 4.96. The molecule has 0 amide bonds. The van der Waals surface area contributed by atoms with Crippen LogP contribution in [-0.4, -0.2) is 6.21 Å². The third kappa shape index (κ3) is 3.64. The van der Waals surface area contributed by atoms with Crippen LogP contribution in [0.5, 0.6) is 0 Å². The van der Waals surface area contributed by atoms with E-state index in [1.54, 1.807) is 0 Å². The maximum Gasteiger partial charge on any atom is 0.0893 e. The molecule has 4 aromatic rings. The summed E-state index contributed by atoms with van der Waals surface area (Å²) in [5, 5.41) is 0. The van der Waals surface area contributed by atoms with Crippen molar-refractivity contribution in [2.45, 2.75) is 19.3 Å². The average Bonchev–Trinajstić information content (AvgIpc) is 2.78. The molecule has 0 heterocycles. The van der Waals surface area contributed by atoms with Crippen LogP contribution in [0, 0.1) is 13.8 Å². The Kier molecular flexibility index (Phi) is 5.39. The Morgan fingerprint density at radius 3 is 1.28 bits per heavy atom. The van der Waals surface area contributed by atoms with Crippen LogP contribution in [0.3, 0.4) is 0 Å². The molecule has 0 aliphatic heterocycles. The van der Waals surface area contributed by atoms with Crippen molar-refractivity contribution in [1.29, 1.82) is 0 Å². The van der Waals surface area contributed by atoms with Gasteiger partial charge in [-0.05, 0) is 41.7 Å². The molecular formula is C28H24N. The minimum Gasteiger partial charge on any atom is -0.249 e. The Morgan fingerprint density at radius 2 is 0.897 bits per heavy atom. The molecule has 1 radical (unpaired) electrons. The summed E-state index contributed by atoms with van der Waals surface area (Å²) in [6.45, 7) is 4.20. The Morgan fingerprint density at radius 1 is 0.517 bits per heavy atom. The summed E-state index contributed by atoms with van der Waals surface area (Å²) in [5.41, 5.74) is 6.13. The molecule has 0 N–H and O–H groups in total. The van der Waals surface area contributed by atoms with Gasteiger partial charge in [0.05, 0.1) is 17.3 Å². The lowest BCUT2D eigenvalue weighted by Crippen LogP contribution is -2.31. The van der Waals surface area contributed by atoms with Crippen molar-refractivity contribution < 1.29 is 0 Å². The van der Waals surface area contributed by atoms with Crippen LogP contribution in [0.15, 0.2) is 114 Å². The number of nitrogens with zero attached hydrogens (tertiary/aromatic N) is 1. The van der Waals surface area contributed by atoms with E-state index in [1.807, 2.05) is 18.2 Å². The van der Waals surface area contributed by atoms with Crippen molar-refractivity contribution >= 4 is 11.9 Å². The van der Waals surface area contributed by atoms with Gasteiger partial charge in [-0.1, -0.05) is 109 Å². The Labute approximate surface area is 173 Å². The quantitative estimate of drug-likeness (QED) is 0.266. The molecule has 141 valence electrons. The topological polar surface area (TPSA) is 12.4 Å². The molecule has 0 aliphatic rings. The van der Waals surface area contributed by atoms with E-state index in [-0.39, 0.29) is 0 Å². The first-order chi connectivity index (χ1) is 14.2. The number of benzene rings is 4. The molecule has 0 bridgehead atoms.